The van der Waals surface area contributed by atoms with E-state index in [0.717, 1.165) is 0 Å². The fourth-order valence-electron chi connectivity index (χ4n) is 1.40. The van der Waals surface area contributed by atoms with Crippen LogP contribution >= 0.6 is 0 Å². The van der Waals surface area contributed by atoms with Crippen LogP contribution < -0.4 is 5.73 Å². The van der Waals surface area contributed by atoms with Crippen molar-refractivity contribution in [3.05, 3.63) is 18.3 Å². The standard InChI is InChI=1S/C10H17N3O3S/c1-3-13(7-8-16-2)17(14,15)9-5-4-6-12-10(9)11/h4-6H,3,7-8H2,1-2H3,(H2,11,12). The van der Waals surface area contributed by atoms with Gasteiger partial charge in [-0.2, -0.15) is 4.31 Å². The third-order valence-corrected chi connectivity index (χ3v) is 4.34. The third-order valence-electron chi connectivity index (χ3n) is 2.32. The minimum Gasteiger partial charge on any atom is -0.383 e. The molecule has 0 atom stereocenters. The average molecular weight is 259 g/mol. The van der Waals surface area contributed by atoms with Crippen molar-refractivity contribution < 1.29 is 13.2 Å². The van der Waals surface area contributed by atoms with Gasteiger partial charge in [0.15, 0.2) is 0 Å². The number of pyridine rings is 1. The molecule has 0 aliphatic carbocycles. The monoisotopic (exact) mass is 259 g/mol. The number of nitrogens with zero attached hydrogens (tertiary/aromatic N) is 2. The molecule has 0 fully saturated rings. The van der Waals surface area contributed by atoms with Crippen LogP contribution in [0.1, 0.15) is 6.92 Å². The molecule has 1 aromatic rings. The number of nitrogens with two attached hydrogens (primary N) is 1. The molecule has 1 heterocycles. The molecule has 1 aromatic heterocycles. The topological polar surface area (TPSA) is 85.5 Å². The summed E-state index contributed by atoms with van der Waals surface area (Å²) in [4.78, 5) is 3.82. The molecule has 0 amide bonds. The predicted octanol–water partition coefficient (Wildman–Crippen LogP) is 0.321. The SMILES string of the molecule is CCN(CCOC)S(=O)(=O)c1cccnc1N. The van der Waals surface area contributed by atoms with Crippen molar-refractivity contribution >= 4 is 15.8 Å². The smallest absolute Gasteiger partial charge is 0.246 e. The summed E-state index contributed by atoms with van der Waals surface area (Å²) in [7, 11) is -2.06. The Kier molecular flexibility index (Phi) is 4.86. The first-order valence-corrected chi connectivity index (χ1v) is 6.67. The maximum atomic E-state index is 12.2. The molecule has 0 spiro atoms. The van der Waals surface area contributed by atoms with E-state index in [4.69, 9.17) is 10.5 Å². The fraction of sp³-hybridized carbons (Fsp3) is 0.500. The van der Waals surface area contributed by atoms with Crippen molar-refractivity contribution in [3.63, 3.8) is 0 Å². The number of methoxy groups -OCH3 is 1. The number of hydrogen-bond donors (Lipinski definition) is 1. The van der Waals surface area contributed by atoms with Gasteiger partial charge in [0.1, 0.15) is 10.7 Å². The van der Waals surface area contributed by atoms with Crippen molar-refractivity contribution in [2.45, 2.75) is 11.8 Å². The minimum absolute atomic E-state index is 0.0170. The molecule has 0 unspecified atom stereocenters. The van der Waals surface area contributed by atoms with Crippen molar-refractivity contribution in [3.8, 4) is 0 Å². The van der Waals surface area contributed by atoms with Gasteiger partial charge in [-0.15, -0.1) is 0 Å². The van der Waals surface area contributed by atoms with E-state index in [9.17, 15) is 8.42 Å². The molecular weight excluding hydrogens is 242 g/mol. The van der Waals surface area contributed by atoms with Crippen LogP contribution in [-0.2, 0) is 14.8 Å². The number of anilines is 1. The Morgan fingerprint density at radius 2 is 2.24 bits per heavy atom. The lowest BCUT2D eigenvalue weighted by atomic mass is 10.5. The highest BCUT2D eigenvalue weighted by Gasteiger charge is 2.25. The van der Waals surface area contributed by atoms with E-state index in [2.05, 4.69) is 4.98 Å². The van der Waals surface area contributed by atoms with Crippen LogP contribution in [0.3, 0.4) is 0 Å². The van der Waals surface area contributed by atoms with E-state index in [0.29, 0.717) is 19.7 Å². The van der Waals surface area contributed by atoms with Crippen molar-refractivity contribution in [2.75, 3.05) is 32.5 Å². The Morgan fingerprint density at radius 3 is 2.76 bits per heavy atom. The van der Waals surface area contributed by atoms with Crippen molar-refractivity contribution in [2.24, 2.45) is 0 Å². The molecule has 1 rings (SSSR count). The number of hydrogen-bond acceptors (Lipinski definition) is 5. The molecule has 2 N–H and O–H groups in total. The molecule has 0 saturated heterocycles. The second-order valence-electron chi connectivity index (χ2n) is 3.38. The first-order valence-electron chi connectivity index (χ1n) is 5.23. The summed E-state index contributed by atoms with van der Waals surface area (Å²) < 4.78 is 30.7. The number of aromatic nitrogens is 1. The molecule has 0 bridgehead atoms. The summed E-state index contributed by atoms with van der Waals surface area (Å²) >= 11 is 0. The van der Waals surface area contributed by atoms with Gasteiger partial charge in [0, 0.05) is 26.4 Å². The van der Waals surface area contributed by atoms with Crippen LogP contribution in [0.4, 0.5) is 5.82 Å². The summed E-state index contributed by atoms with van der Waals surface area (Å²) in [5.74, 6) is 0.0170. The minimum atomic E-state index is -3.59. The van der Waals surface area contributed by atoms with Gasteiger partial charge in [0.25, 0.3) is 0 Å². The van der Waals surface area contributed by atoms with Gasteiger partial charge in [0.2, 0.25) is 10.0 Å². The van der Waals surface area contributed by atoms with Crippen LogP contribution in [0.25, 0.3) is 0 Å². The summed E-state index contributed by atoms with van der Waals surface area (Å²) in [6, 6.07) is 3.00. The zero-order valence-electron chi connectivity index (χ0n) is 9.96. The van der Waals surface area contributed by atoms with Crippen LogP contribution in [0.5, 0.6) is 0 Å². The molecule has 0 aliphatic heterocycles. The summed E-state index contributed by atoms with van der Waals surface area (Å²) in [5, 5.41) is 0. The second kappa shape index (κ2) is 5.95. The third kappa shape index (κ3) is 3.15. The zero-order chi connectivity index (χ0) is 12.9. The van der Waals surface area contributed by atoms with Gasteiger partial charge in [-0.3, -0.25) is 0 Å². The maximum absolute atomic E-state index is 12.2. The van der Waals surface area contributed by atoms with Crippen molar-refractivity contribution in [1.29, 1.82) is 0 Å². The quantitative estimate of drug-likeness (QED) is 0.795. The van der Waals surface area contributed by atoms with Gasteiger partial charge in [-0.25, -0.2) is 13.4 Å². The molecule has 7 heteroatoms. The van der Waals surface area contributed by atoms with Gasteiger partial charge in [-0.05, 0) is 12.1 Å². The molecule has 0 saturated carbocycles. The Hall–Kier alpha value is -1.18. The molecule has 0 radical (unpaired) electrons. The van der Waals surface area contributed by atoms with Gasteiger partial charge >= 0.3 is 0 Å². The molecule has 17 heavy (non-hydrogen) atoms. The van der Waals surface area contributed by atoms with E-state index in [-0.39, 0.29) is 10.7 Å². The summed E-state index contributed by atoms with van der Waals surface area (Å²) in [5.41, 5.74) is 5.58. The van der Waals surface area contributed by atoms with Gasteiger partial charge in [-0.1, -0.05) is 6.92 Å². The number of nitrogen functional groups attached to an aromatic ring is 1. The lowest BCUT2D eigenvalue weighted by Crippen LogP contribution is -2.34. The Labute approximate surface area is 101 Å². The summed E-state index contributed by atoms with van der Waals surface area (Å²) in [6.45, 7) is 2.76. The zero-order valence-corrected chi connectivity index (χ0v) is 10.8. The normalized spacial score (nSPS) is 11.9. The molecule has 0 aliphatic rings. The van der Waals surface area contributed by atoms with Gasteiger partial charge in [0.05, 0.1) is 6.61 Å². The van der Waals surface area contributed by atoms with Crippen LogP contribution in [-0.4, -0.2) is 44.5 Å². The van der Waals surface area contributed by atoms with E-state index in [1.807, 2.05) is 0 Å². The Bertz CT molecular complexity index is 462. The lowest BCUT2D eigenvalue weighted by molar-refractivity contribution is 0.180. The summed E-state index contributed by atoms with van der Waals surface area (Å²) in [6.07, 6.45) is 1.46. The molecular formula is C10H17N3O3S. The number of rotatable bonds is 6. The number of ether oxygens (including phenoxy) is 1. The first kappa shape index (κ1) is 13.9. The number of sulfonamides is 1. The lowest BCUT2D eigenvalue weighted by Gasteiger charge is -2.20. The first-order chi connectivity index (χ1) is 8.04. The fourth-order valence-corrected chi connectivity index (χ4v) is 2.90. The Balaban J connectivity index is 3.05. The molecule has 6 nitrogen and oxygen atoms in total. The van der Waals surface area contributed by atoms with Crippen LogP contribution in [0.15, 0.2) is 23.2 Å². The van der Waals surface area contributed by atoms with Gasteiger partial charge < -0.3 is 10.5 Å². The Morgan fingerprint density at radius 1 is 1.53 bits per heavy atom. The molecule has 96 valence electrons. The maximum Gasteiger partial charge on any atom is 0.246 e. The van der Waals surface area contributed by atoms with Crippen LogP contribution in [0, 0.1) is 0 Å². The number of likely N-dealkylation sites (N-methyl/N-ethyl adjacent to an activating group) is 1. The highest BCUT2D eigenvalue weighted by molar-refractivity contribution is 7.89. The van der Waals surface area contributed by atoms with E-state index in [1.165, 1.54) is 23.7 Å². The van der Waals surface area contributed by atoms with E-state index >= 15 is 0 Å². The van der Waals surface area contributed by atoms with E-state index in [1.54, 1.807) is 13.0 Å². The largest absolute Gasteiger partial charge is 0.383 e. The average Bonchev–Trinajstić information content (AvgIpc) is 2.30. The van der Waals surface area contributed by atoms with Crippen LogP contribution in [0.2, 0.25) is 0 Å². The highest BCUT2D eigenvalue weighted by atomic mass is 32.2. The highest BCUT2D eigenvalue weighted by Crippen LogP contribution is 2.19. The van der Waals surface area contributed by atoms with E-state index < -0.39 is 10.0 Å². The predicted molar refractivity (Wildman–Crippen MR) is 65.0 cm³/mol. The second-order valence-corrected chi connectivity index (χ2v) is 5.28. The molecule has 0 aromatic carbocycles. The van der Waals surface area contributed by atoms with Crippen molar-refractivity contribution in [1.82, 2.24) is 9.29 Å².